The Morgan fingerprint density at radius 3 is 2.74 bits per heavy atom. The molecule has 0 fully saturated rings. The summed E-state index contributed by atoms with van der Waals surface area (Å²) in [6.07, 6.45) is 2.11. The Morgan fingerprint density at radius 1 is 1.04 bits per heavy atom. The first-order chi connectivity index (χ1) is 11.3. The molecule has 0 aliphatic rings. The van der Waals surface area contributed by atoms with Crippen molar-refractivity contribution in [2.24, 2.45) is 0 Å². The highest BCUT2D eigenvalue weighted by molar-refractivity contribution is 7.98. The number of furan rings is 1. The van der Waals surface area contributed by atoms with E-state index in [1.54, 1.807) is 18.0 Å². The minimum Gasteiger partial charge on any atom is -0.468 e. The summed E-state index contributed by atoms with van der Waals surface area (Å²) in [6, 6.07) is 18.2. The van der Waals surface area contributed by atoms with Crippen LogP contribution in [-0.2, 0) is 17.0 Å². The smallest absolute Gasteiger partial charge is 0.224 e. The van der Waals surface area contributed by atoms with Crippen LogP contribution in [0.25, 0.3) is 10.8 Å². The molecule has 1 N–H and O–H groups in total. The summed E-state index contributed by atoms with van der Waals surface area (Å²) >= 11 is 1.75. The van der Waals surface area contributed by atoms with Gasteiger partial charge in [0, 0.05) is 12.3 Å². The number of amides is 1. The average molecular weight is 325 g/mol. The van der Waals surface area contributed by atoms with Gasteiger partial charge in [-0.15, -0.1) is 0 Å². The minimum atomic E-state index is 0.0684. The number of benzene rings is 2. The van der Waals surface area contributed by atoms with Crippen molar-refractivity contribution in [1.29, 1.82) is 0 Å². The van der Waals surface area contributed by atoms with Crippen LogP contribution in [0.3, 0.4) is 0 Å². The van der Waals surface area contributed by atoms with Crippen LogP contribution >= 0.6 is 11.8 Å². The number of rotatable bonds is 7. The number of nitrogens with one attached hydrogen (secondary N) is 1. The molecule has 3 nitrogen and oxygen atoms in total. The monoisotopic (exact) mass is 325 g/mol. The van der Waals surface area contributed by atoms with Gasteiger partial charge in [-0.05, 0) is 28.5 Å². The van der Waals surface area contributed by atoms with Crippen molar-refractivity contribution in [2.45, 2.75) is 12.2 Å². The van der Waals surface area contributed by atoms with Crippen LogP contribution in [0.5, 0.6) is 0 Å². The molecule has 0 aliphatic carbocycles. The molecule has 2 aromatic carbocycles. The zero-order valence-corrected chi connectivity index (χ0v) is 13.6. The molecule has 1 aromatic heterocycles. The van der Waals surface area contributed by atoms with Gasteiger partial charge in [0.05, 0.1) is 18.4 Å². The van der Waals surface area contributed by atoms with Crippen LogP contribution in [0.4, 0.5) is 0 Å². The van der Waals surface area contributed by atoms with Gasteiger partial charge in [0.1, 0.15) is 5.76 Å². The van der Waals surface area contributed by atoms with Crippen molar-refractivity contribution in [3.8, 4) is 0 Å². The number of thioether (sulfide) groups is 1. The van der Waals surface area contributed by atoms with Gasteiger partial charge in [0.15, 0.2) is 0 Å². The lowest BCUT2D eigenvalue weighted by molar-refractivity contribution is -0.120. The van der Waals surface area contributed by atoms with E-state index in [-0.39, 0.29) is 5.91 Å². The quantitative estimate of drug-likeness (QED) is 0.667. The van der Waals surface area contributed by atoms with Crippen molar-refractivity contribution in [2.75, 3.05) is 12.3 Å². The van der Waals surface area contributed by atoms with E-state index in [1.807, 2.05) is 30.3 Å². The van der Waals surface area contributed by atoms with E-state index < -0.39 is 0 Å². The van der Waals surface area contributed by atoms with Crippen LogP contribution in [-0.4, -0.2) is 18.2 Å². The number of carbonyl (C=O) groups excluding carboxylic acids is 1. The number of hydrogen-bond donors (Lipinski definition) is 1. The first-order valence-corrected chi connectivity index (χ1v) is 8.81. The van der Waals surface area contributed by atoms with Crippen molar-refractivity contribution in [3.05, 3.63) is 72.2 Å². The Morgan fingerprint density at radius 2 is 1.91 bits per heavy atom. The second-order valence-electron chi connectivity index (χ2n) is 5.34. The molecule has 0 unspecified atom stereocenters. The van der Waals surface area contributed by atoms with Crippen molar-refractivity contribution in [1.82, 2.24) is 5.32 Å². The van der Waals surface area contributed by atoms with Crippen LogP contribution in [0.1, 0.15) is 11.3 Å². The highest BCUT2D eigenvalue weighted by Crippen LogP contribution is 2.16. The van der Waals surface area contributed by atoms with E-state index in [0.717, 1.165) is 22.8 Å². The average Bonchev–Trinajstić information content (AvgIpc) is 3.08. The third kappa shape index (κ3) is 4.63. The van der Waals surface area contributed by atoms with Crippen LogP contribution in [0.15, 0.2) is 65.3 Å². The molecule has 0 aliphatic heterocycles. The first-order valence-electron chi connectivity index (χ1n) is 7.66. The largest absolute Gasteiger partial charge is 0.468 e. The standard InChI is InChI=1S/C19H19NO2S/c21-19(20-9-11-23-14-18-6-3-10-22-18)13-15-7-8-16-4-1-2-5-17(16)12-15/h1-8,10,12H,9,11,13-14H2,(H,20,21). The molecule has 4 heteroatoms. The van der Waals surface area contributed by atoms with E-state index in [1.165, 1.54) is 10.8 Å². The van der Waals surface area contributed by atoms with E-state index >= 15 is 0 Å². The molecule has 1 heterocycles. The van der Waals surface area contributed by atoms with E-state index in [4.69, 9.17) is 4.42 Å². The molecule has 0 spiro atoms. The molecule has 3 aromatic rings. The Balaban J connectivity index is 1.41. The molecule has 0 radical (unpaired) electrons. The lowest BCUT2D eigenvalue weighted by atomic mass is 10.1. The van der Waals surface area contributed by atoms with Crippen molar-refractivity contribution < 1.29 is 9.21 Å². The maximum Gasteiger partial charge on any atom is 0.224 e. The summed E-state index contributed by atoms with van der Waals surface area (Å²) in [4.78, 5) is 12.0. The topological polar surface area (TPSA) is 42.2 Å². The van der Waals surface area contributed by atoms with Gasteiger partial charge < -0.3 is 9.73 Å². The summed E-state index contributed by atoms with van der Waals surface area (Å²) in [6.45, 7) is 0.678. The number of fused-ring (bicyclic) bond motifs is 1. The molecule has 1 amide bonds. The SMILES string of the molecule is O=C(Cc1ccc2ccccc2c1)NCCSCc1ccco1. The maximum absolute atomic E-state index is 12.0. The van der Waals surface area contributed by atoms with Gasteiger partial charge in [0.2, 0.25) is 5.91 Å². The summed E-state index contributed by atoms with van der Waals surface area (Å²) in [5.41, 5.74) is 1.05. The fraction of sp³-hybridized carbons (Fsp3) is 0.211. The van der Waals surface area contributed by atoms with Crippen LogP contribution < -0.4 is 5.32 Å². The molecule has 0 atom stereocenters. The van der Waals surface area contributed by atoms with Gasteiger partial charge in [-0.25, -0.2) is 0 Å². The molecular formula is C19H19NO2S. The van der Waals surface area contributed by atoms with E-state index in [9.17, 15) is 4.79 Å². The second kappa shape index (κ2) is 7.88. The zero-order valence-electron chi connectivity index (χ0n) is 12.8. The Hall–Kier alpha value is -2.20. The minimum absolute atomic E-state index is 0.0684. The van der Waals surface area contributed by atoms with Crippen LogP contribution in [0.2, 0.25) is 0 Å². The van der Waals surface area contributed by atoms with Crippen molar-refractivity contribution >= 4 is 28.4 Å². The number of carbonyl (C=O) groups is 1. The summed E-state index contributed by atoms with van der Waals surface area (Å²) in [5.74, 6) is 2.76. The molecular weight excluding hydrogens is 306 g/mol. The van der Waals surface area contributed by atoms with Gasteiger partial charge in [-0.1, -0.05) is 42.5 Å². The second-order valence-corrected chi connectivity index (χ2v) is 6.45. The predicted octanol–water partition coefficient (Wildman–Crippen LogP) is 4.02. The normalized spacial score (nSPS) is 10.8. The highest BCUT2D eigenvalue weighted by atomic mass is 32.2. The Labute approximate surface area is 140 Å². The molecule has 3 rings (SSSR count). The summed E-state index contributed by atoms with van der Waals surface area (Å²) in [7, 11) is 0. The lowest BCUT2D eigenvalue weighted by Gasteiger charge is -2.06. The number of hydrogen-bond acceptors (Lipinski definition) is 3. The van der Waals surface area contributed by atoms with E-state index in [2.05, 4.69) is 29.6 Å². The summed E-state index contributed by atoms with van der Waals surface area (Å²) in [5, 5.41) is 5.34. The molecule has 118 valence electrons. The molecule has 23 heavy (non-hydrogen) atoms. The van der Waals surface area contributed by atoms with Gasteiger partial charge in [-0.3, -0.25) is 4.79 Å². The highest BCUT2D eigenvalue weighted by Gasteiger charge is 2.04. The predicted molar refractivity (Wildman–Crippen MR) is 95.5 cm³/mol. The Bertz CT molecular complexity index is 768. The molecule has 0 saturated heterocycles. The van der Waals surface area contributed by atoms with Gasteiger partial charge >= 0.3 is 0 Å². The molecule has 0 saturated carbocycles. The van der Waals surface area contributed by atoms with Gasteiger partial charge in [-0.2, -0.15) is 11.8 Å². The summed E-state index contributed by atoms with van der Waals surface area (Å²) < 4.78 is 5.27. The lowest BCUT2D eigenvalue weighted by Crippen LogP contribution is -2.27. The van der Waals surface area contributed by atoms with Crippen molar-refractivity contribution in [3.63, 3.8) is 0 Å². The maximum atomic E-state index is 12.0. The molecule has 0 bridgehead atoms. The third-order valence-electron chi connectivity index (χ3n) is 3.57. The fourth-order valence-corrected chi connectivity index (χ4v) is 3.18. The van der Waals surface area contributed by atoms with E-state index in [0.29, 0.717) is 13.0 Å². The first kappa shape index (κ1) is 15.7. The fourth-order valence-electron chi connectivity index (χ4n) is 2.43. The van der Waals surface area contributed by atoms with Gasteiger partial charge in [0.25, 0.3) is 0 Å². The third-order valence-corrected chi connectivity index (χ3v) is 4.55. The Kier molecular flexibility index (Phi) is 5.37. The van der Waals surface area contributed by atoms with Crippen LogP contribution in [0, 0.1) is 0 Å². The zero-order chi connectivity index (χ0) is 15.9.